The van der Waals surface area contributed by atoms with Crippen LogP contribution in [0.1, 0.15) is 0 Å². The maximum absolute atomic E-state index is 5.69. The van der Waals surface area contributed by atoms with E-state index >= 15 is 0 Å². The molecule has 0 atom stereocenters. The minimum absolute atomic E-state index is 0.545. The lowest BCUT2D eigenvalue weighted by atomic mass is 10.3. The number of ether oxygens (including phenoxy) is 3. The maximum atomic E-state index is 5.69. The zero-order chi connectivity index (χ0) is 14.4. The lowest BCUT2D eigenvalue weighted by Gasteiger charge is -2.15. The Bertz CT molecular complexity index is 454. The smallest absolute Gasteiger partial charge is 0.193 e. The summed E-state index contributed by atoms with van der Waals surface area (Å²) in [5, 5.41) is 3.25. The van der Waals surface area contributed by atoms with Crippen molar-refractivity contribution in [2.24, 2.45) is 4.99 Å². The number of likely N-dealkylation sites (N-methyl/N-ethyl adjacent to an activating group) is 1. The molecule has 110 valence electrons. The Morgan fingerprint density at radius 1 is 1.15 bits per heavy atom. The van der Waals surface area contributed by atoms with E-state index in [2.05, 4.69) is 15.2 Å². The van der Waals surface area contributed by atoms with Crippen LogP contribution in [0.5, 0.6) is 17.2 Å². The van der Waals surface area contributed by atoms with E-state index in [0.29, 0.717) is 24.7 Å². The highest BCUT2D eigenvalue weighted by atomic mass is 16.5. The summed E-state index contributed by atoms with van der Waals surface area (Å²) < 4.78 is 16.1. The van der Waals surface area contributed by atoms with Gasteiger partial charge in [0, 0.05) is 31.8 Å². The van der Waals surface area contributed by atoms with Crippen molar-refractivity contribution in [1.82, 2.24) is 10.2 Å². The molecule has 6 nitrogen and oxygen atoms in total. The van der Waals surface area contributed by atoms with E-state index in [1.807, 2.05) is 25.2 Å². The number of nitrogens with zero attached hydrogens (tertiary/aromatic N) is 2. The molecule has 6 heteroatoms. The summed E-state index contributed by atoms with van der Waals surface area (Å²) in [6.45, 7) is 3.06. The first-order chi connectivity index (χ1) is 9.72. The molecule has 0 fully saturated rings. The third-order valence-corrected chi connectivity index (χ3v) is 3.04. The van der Waals surface area contributed by atoms with Crippen molar-refractivity contribution in [3.63, 3.8) is 0 Å². The van der Waals surface area contributed by atoms with Crippen molar-refractivity contribution >= 4 is 5.96 Å². The molecule has 0 amide bonds. The summed E-state index contributed by atoms with van der Waals surface area (Å²) in [6.07, 6.45) is 0. The van der Waals surface area contributed by atoms with Crippen LogP contribution in [0.15, 0.2) is 23.2 Å². The standard InChI is InChI=1S/C14H21N3O3/c1-17-6-4-15-14(17)16-5-7-20-13-9-11(18-2)8-12(10-13)19-3/h8-10H,4-7H2,1-3H3,(H,15,16). The Morgan fingerprint density at radius 2 is 1.80 bits per heavy atom. The first kappa shape index (κ1) is 14.3. The largest absolute Gasteiger partial charge is 0.496 e. The molecular weight excluding hydrogens is 258 g/mol. The molecule has 0 radical (unpaired) electrons. The number of rotatable bonds is 6. The normalized spacial score (nSPS) is 13.9. The molecule has 1 aromatic rings. The fraction of sp³-hybridized carbons (Fsp3) is 0.500. The van der Waals surface area contributed by atoms with Crippen molar-refractivity contribution in [2.75, 3.05) is 47.5 Å². The molecule has 0 bridgehead atoms. The Labute approximate surface area is 119 Å². The van der Waals surface area contributed by atoms with Gasteiger partial charge in [0.15, 0.2) is 5.96 Å². The average Bonchev–Trinajstić information content (AvgIpc) is 2.88. The lowest BCUT2D eigenvalue weighted by molar-refractivity contribution is 0.314. The number of hydrogen-bond acceptors (Lipinski definition) is 6. The number of benzene rings is 1. The van der Waals surface area contributed by atoms with Gasteiger partial charge < -0.3 is 24.4 Å². The van der Waals surface area contributed by atoms with Crippen molar-refractivity contribution in [1.29, 1.82) is 0 Å². The van der Waals surface area contributed by atoms with E-state index in [-0.39, 0.29) is 0 Å². The van der Waals surface area contributed by atoms with Gasteiger partial charge in [0.25, 0.3) is 0 Å². The number of methoxy groups -OCH3 is 2. The van der Waals surface area contributed by atoms with Crippen molar-refractivity contribution in [2.45, 2.75) is 0 Å². The number of guanidine groups is 1. The highest BCUT2D eigenvalue weighted by Gasteiger charge is 2.11. The van der Waals surface area contributed by atoms with E-state index in [1.54, 1.807) is 14.2 Å². The zero-order valence-electron chi connectivity index (χ0n) is 12.2. The molecule has 1 heterocycles. The van der Waals surface area contributed by atoms with Gasteiger partial charge in [-0.05, 0) is 0 Å². The van der Waals surface area contributed by atoms with Crippen LogP contribution in [0.4, 0.5) is 0 Å². The van der Waals surface area contributed by atoms with Crippen LogP contribution in [-0.4, -0.2) is 58.4 Å². The third-order valence-electron chi connectivity index (χ3n) is 3.04. The SMILES string of the molecule is COc1cc(OC)cc(OCCNC2=NCCN2C)c1. The third kappa shape index (κ3) is 3.69. The summed E-state index contributed by atoms with van der Waals surface area (Å²) in [4.78, 5) is 6.44. The minimum atomic E-state index is 0.545. The van der Waals surface area contributed by atoms with Crippen LogP contribution in [0.25, 0.3) is 0 Å². The van der Waals surface area contributed by atoms with E-state index in [9.17, 15) is 0 Å². The molecule has 0 saturated carbocycles. The molecule has 0 spiro atoms. The Morgan fingerprint density at radius 3 is 2.35 bits per heavy atom. The van der Waals surface area contributed by atoms with Gasteiger partial charge >= 0.3 is 0 Å². The topological polar surface area (TPSA) is 55.3 Å². The Balaban J connectivity index is 1.81. The molecule has 20 heavy (non-hydrogen) atoms. The Hall–Kier alpha value is -2.11. The quantitative estimate of drug-likeness (QED) is 0.787. The maximum Gasteiger partial charge on any atom is 0.193 e. The summed E-state index contributed by atoms with van der Waals surface area (Å²) in [7, 11) is 5.26. The van der Waals surface area contributed by atoms with Gasteiger partial charge in [0.1, 0.15) is 23.9 Å². The second kappa shape index (κ2) is 6.88. The van der Waals surface area contributed by atoms with Crippen LogP contribution >= 0.6 is 0 Å². The molecule has 1 aliphatic heterocycles. The summed E-state index contributed by atoms with van der Waals surface area (Å²) in [5.74, 6) is 3.08. The summed E-state index contributed by atoms with van der Waals surface area (Å²) >= 11 is 0. The molecule has 1 N–H and O–H groups in total. The predicted molar refractivity (Wildman–Crippen MR) is 78.0 cm³/mol. The van der Waals surface area contributed by atoms with Crippen molar-refractivity contribution in [3.05, 3.63) is 18.2 Å². The van der Waals surface area contributed by atoms with Crippen molar-refractivity contribution < 1.29 is 14.2 Å². The van der Waals surface area contributed by atoms with Crippen LogP contribution < -0.4 is 19.5 Å². The fourth-order valence-corrected chi connectivity index (χ4v) is 1.92. The second-order valence-corrected chi connectivity index (χ2v) is 4.45. The highest BCUT2D eigenvalue weighted by Crippen LogP contribution is 2.27. The molecule has 0 aromatic heterocycles. The first-order valence-electron chi connectivity index (χ1n) is 6.58. The first-order valence-corrected chi connectivity index (χ1v) is 6.58. The van der Waals surface area contributed by atoms with E-state index in [4.69, 9.17) is 14.2 Å². The van der Waals surface area contributed by atoms with E-state index in [1.165, 1.54) is 0 Å². The van der Waals surface area contributed by atoms with Gasteiger partial charge in [0.05, 0.1) is 27.3 Å². The van der Waals surface area contributed by atoms with Gasteiger partial charge in [-0.15, -0.1) is 0 Å². The van der Waals surface area contributed by atoms with Gasteiger partial charge in [0.2, 0.25) is 0 Å². The van der Waals surface area contributed by atoms with Crippen LogP contribution in [0.3, 0.4) is 0 Å². The Kier molecular flexibility index (Phi) is 4.92. The summed E-state index contributed by atoms with van der Waals surface area (Å²) in [5.41, 5.74) is 0. The van der Waals surface area contributed by atoms with Crippen LogP contribution in [0, 0.1) is 0 Å². The second-order valence-electron chi connectivity index (χ2n) is 4.45. The van der Waals surface area contributed by atoms with Crippen LogP contribution in [-0.2, 0) is 0 Å². The van der Waals surface area contributed by atoms with Gasteiger partial charge in [-0.1, -0.05) is 0 Å². The molecule has 0 saturated heterocycles. The molecule has 0 unspecified atom stereocenters. The minimum Gasteiger partial charge on any atom is -0.496 e. The highest BCUT2D eigenvalue weighted by molar-refractivity contribution is 5.81. The molecule has 0 aliphatic carbocycles. The van der Waals surface area contributed by atoms with E-state index < -0.39 is 0 Å². The van der Waals surface area contributed by atoms with Gasteiger partial charge in [-0.2, -0.15) is 0 Å². The van der Waals surface area contributed by atoms with Gasteiger partial charge in [-0.3, -0.25) is 4.99 Å². The van der Waals surface area contributed by atoms with Crippen LogP contribution in [0.2, 0.25) is 0 Å². The van der Waals surface area contributed by atoms with Crippen molar-refractivity contribution in [3.8, 4) is 17.2 Å². The predicted octanol–water partition coefficient (Wildman–Crippen LogP) is 0.974. The molecule has 1 aliphatic rings. The summed E-state index contributed by atoms with van der Waals surface area (Å²) in [6, 6.07) is 5.48. The van der Waals surface area contributed by atoms with E-state index in [0.717, 1.165) is 24.8 Å². The average molecular weight is 279 g/mol. The number of hydrogen-bond donors (Lipinski definition) is 1. The molecule has 1 aromatic carbocycles. The monoisotopic (exact) mass is 279 g/mol. The lowest BCUT2D eigenvalue weighted by Crippen LogP contribution is -2.37. The van der Waals surface area contributed by atoms with Gasteiger partial charge in [-0.25, -0.2) is 0 Å². The number of aliphatic imine (C=N–C) groups is 1. The number of nitrogens with one attached hydrogen (secondary N) is 1. The zero-order valence-corrected chi connectivity index (χ0v) is 12.2. The molecule has 2 rings (SSSR count). The molecular formula is C14H21N3O3. The fourth-order valence-electron chi connectivity index (χ4n) is 1.92.